The highest BCUT2D eigenvalue weighted by molar-refractivity contribution is 7.86. The molecule has 0 aliphatic carbocycles. The summed E-state index contributed by atoms with van der Waals surface area (Å²) in [5.74, 6) is -0.256. The molecule has 1 aliphatic rings. The Morgan fingerprint density at radius 2 is 1.96 bits per heavy atom. The van der Waals surface area contributed by atoms with Crippen molar-refractivity contribution in [3.63, 3.8) is 0 Å². The highest BCUT2D eigenvalue weighted by Gasteiger charge is 2.31. The number of aromatic nitrogens is 2. The number of rotatable bonds is 7. The molecule has 24 heavy (non-hydrogen) atoms. The number of hydrogen-bond donors (Lipinski definition) is 1. The molecule has 1 aromatic heterocycles. The summed E-state index contributed by atoms with van der Waals surface area (Å²) in [6.07, 6.45) is 4.93. The average Bonchev–Trinajstić information content (AvgIpc) is 2.56. The van der Waals surface area contributed by atoms with Crippen LogP contribution in [0.2, 0.25) is 0 Å². The maximum atomic E-state index is 12.5. The van der Waals surface area contributed by atoms with E-state index in [9.17, 15) is 13.2 Å². The Morgan fingerprint density at radius 3 is 2.50 bits per heavy atom. The molecule has 1 fully saturated rings. The molecule has 0 bridgehead atoms. The Labute approximate surface area is 143 Å². The van der Waals surface area contributed by atoms with Crippen LogP contribution in [0.3, 0.4) is 0 Å². The Morgan fingerprint density at radius 1 is 1.33 bits per heavy atom. The van der Waals surface area contributed by atoms with Crippen molar-refractivity contribution in [1.29, 1.82) is 0 Å². The van der Waals surface area contributed by atoms with E-state index in [0.29, 0.717) is 43.9 Å². The molecule has 9 heteroatoms. The molecule has 8 nitrogen and oxygen atoms in total. The van der Waals surface area contributed by atoms with Crippen molar-refractivity contribution in [2.75, 3.05) is 26.2 Å². The first-order chi connectivity index (χ1) is 11.4. The molecular weight excluding hydrogens is 330 g/mol. The molecule has 2 heterocycles. The van der Waals surface area contributed by atoms with Crippen molar-refractivity contribution < 1.29 is 13.2 Å². The quantitative estimate of drug-likeness (QED) is 0.762. The zero-order valence-electron chi connectivity index (χ0n) is 14.2. The zero-order chi connectivity index (χ0) is 17.7. The lowest BCUT2D eigenvalue weighted by Crippen LogP contribution is -2.47. The lowest BCUT2D eigenvalue weighted by molar-refractivity contribution is 0.0998. The topological polar surface area (TPSA) is 109 Å². The molecule has 1 aliphatic heterocycles. The molecular formula is C15H25N5O3S. The van der Waals surface area contributed by atoms with Gasteiger partial charge in [-0.2, -0.15) is 17.0 Å². The Kier molecular flexibility index (Phi) is 6.25. The van der Waals surface area contributed by atoms with E-state index in [1.165, 1.54) is 16.8 Å². The minimum absolute atomic E-state index is 0.279. The van der Waals surface area contributed by atoms with Crippen molar-refractivity contribution in [2.24, 2.45) is 11.7 Å². The Hall–Kier alpha value is -1.58. The smallest absolute Gasteiger partial charge is 0.281 e. The maximum Gasteiger partial charge on any atom is 0.281 e. The first-order valence-electron chi connectivity index (χ1n) is 8.24. The molecule has 1 aromatic rings. The van der Waals surface area contributed by atoms with Crippen LogP contribution in [-0.4, -0.2) is 59.1 Å². The highest BCUT2D eigenvalue weighted by Crippen LogP contribution is 2.24. The number of nitrogens with zero attached hydrogens (tertiary/aromatic N) is 4. The molecule has 0 atom stereocenters. The van der Waals surface area contributed by atoms with Gasteiger partial charge in [-0.3, -0.25) is 4.79 Å². The highest BCUT2D eigenvalue weighted by atomic mass is 32.2. The summed E-state index contributed by atoms with van der Waals surface area (Å²) in [6.45, 7) is 5.60. The molecule has 0 saturated carbocycles. The number of carbonyl (C=O) groups excluding carboxylic acids is 1. The van der Waals surface area contributed by atoms with Crippen LogP contribution < -0.4 is 5.73 Å². The molecule has 1 amide bonds. The standard InChI is InChI=1S/C15H25N5O3S/c1-3-19(4-2)24(22,23)20-7-5-12(6-8-20)9-14-13(15(16)21)10-17-11-18-14/h10-12H,3-9H2,1-2H3,(H2,16,21). The van der Waals surface area contributed by atoms with Gasteiger partial charge in [-0.1, -0.05) is 13.8 Å². The fourth-order valence-corrected chi connectivity index (χ4v) is 4.71. The second kappa shape index (κ2) is 8.00. The second-order valence-corrected chi connectivity index (χ2v) is 7.81. The van der Waals surface area contributed by atoms with E-state index in [2.05, 4.69) is 9.97 Å². The lowest BCUT2D eigenvalue weighted by Gasteiger charge is -2.34. The van der Waals surface area contributed by atoms with Gasteiger partial charge in [0.15, 0.2) is 0 Å². The van der Waals surface area contributed by atoms with Gasteiger partial charge in [0.2, 0.25) is 0 Å². The molecule has 0 spiro atoms. The summed E-state index contributed by atoms with van der Waals surface area (Å²) in [5, 5.41) is 0. The van der Waals surface area contributed by atoms with Crippen molar-refractivity contribution >= 4 is 16.1 Å². The minimum Gasteiger partial charge on any atom is -0.365 e. The van der Waals surface area contributed by atoms with E-state index >= 15 is 0 Å². The van der Waals surface area contributed by atoms with Crippen molar-refractivity contribution in [3.05, 3.63) is 23.8 Å². The van der Waals surface area contributed by atoms with Crippen LogP contribution in [0.15, 0.2) is 12.5 Å². The van der Waals surface area contributed by atoms with Crippen LogP contribution in [0.5, 0.6) is 0 Å². The molecule has 0 aromatic carbocycles. The van der Waals surface area contributed by atoms with E-state index < -0.39 is 16.1 Å². The van der Waals surface area contributed by atoms with Gasteiger partial charge >= 0.3 is 0 Å². The summed E-state index contributed by atoms with van der Waals surface area (Å²) < 4.78 is 28.1. The maximum absolute atomic E-state index is 12.5. The van der Waals surface area contributed by atoms with E-state index in [4.69, 9.17) is 5.73 Å². The lowest BCUT2D eigenvalue weighted by atomic mass is 9.92. The zero-order valence-corrected chi connectivity index (χ0v) is 15.0. The molecule has 134 valence electrons. The van der Waals surface area contributed by atoms with E-state index in [0.717, 1.165) is 12.8 Å². The van der Waals surface area contributed by atoms with Gasteiger partial charge in [-0.15, -0.1) is 0 Å². The summed E-state index contributed by atoms with van der Waals surface area (Å²) in [5.41, 5.74) is 6.34. The molecule has 2 N–H and O–H groups in total. The first kappa shape index (κ1) is 18.8. The molecule has 0 radical (unpaired) electrons. The van der Waals surface area contributed by atoms with Crippen molar-refractivity contribution in [3.8, 4) is 0 Å². The third-order valence-electron chi connectivity index (χ3n) is 4.47. The van der Waals surface area contributed by atoms with Gasteiger partial charge in [-0.25, -0.2) is 9.97 Å². The Bertz CT molecular complexity index is 667. The third-order valence-corrected chi connectivity index (χ3v) is 6.66. The summed E-state index contributed by atoms with van der Waals surface area (Å²) >= 11 is 0. The molecule has 2 rings (SSSR count). The van der Waals surface area contributed by atoms with Gasteiger partial charge < -0.3 is 5.73 Å². The number of primary amides is 1. The molecule has 0 unspecified atom stereocenters. The predicted molar refractivity (Wildman–Crippen MR) is 90.4 cm³/mol. The predicted octanol–water partition coefficient (Wildman–Crippen LogP) is 0.417. The normalized spacial score (nSPS) is 17.3. The van der Waals surface area contributed by atoms with Gasteiger partial charge in [0, 0.05) is 32.4 Å². The van der Waals surface area contributed by atoms with Crippen molar-refractivity contribution in [1.82, 2.24) is 18.6 Å². The summed E-state index contributed by atoms with van der Waals surface area (Å²) in [7, 11) is -3.38. The fraction of sp³-hybridized carbons (Fsp3) is 0.667. The van der Waals surface area contributed by atoms with Gasteiger partial charge in [0.05, 0.1) is 11.3 Å². The fourth-order valence-electron chi connectivity index (χ4n) is 3.05. The van der Waals surface area contributed by atoms with Gasteiger partial charge in [0.25, 0.3) is 16.1 Å². The van der Waals surface area contributed by atoms with Crippen LogP contribution >= 0.6 is 0 Å². The first-order valence-corrected chi connectivity index (χ1v) is 9.63. The second-order valence-electron chi connectivity index (χ2n) is 5.89. The minimum atomic E-state index is -3.38. The van der Waals surface area contributed by atoms with Gasteiger partial charge in [0.1, 0.15) is 6.33 Å². The number of piperidine rings is 1. The average molecular weight is 355 g/mol. The van der Waals surface area contributed by atoms with Crippen LogP contribution in [0, 0.1) is 5.92 Å². The largest absolute Gasteiger partial charge is 0.365 e. The third kappa shape index (κ3) is 4.08. The summed E-state index contributed by atoms with van der Waals surface area (Å²) in [4.78, 5) is 19.4. The Balaban J connectivity index is 2.00. The SMILES string of the molecule is CCN(CC)S(=O)(=O)N1CCC(Cc2ncncc2C(N)=O)CC1. The van der Waals surface area contributed by atoms with E-state index in [1.54, 1.807) is 4.31 Å². The van der Waals surface area contributed by atoms with E-state index in [1.807, 2.05) is 13.8 Å². The number of nitrogens with two attached hydrogens (primary N) is 1. The number of hydrogen-bond acceptors (Lipinski definition) is 5. The van der Waals surface area contributed by atoms with Crippen LogP contribution in [0.1, 0.15) is 42.7 Å². The summed E-state index contributed by atoms with van der Waals surface area (Å²) in [6, 6.07) is 0. The van der Waals surface area contributed by atoms with Crippen LogP contribution in [-0.2, 0) is 16.6 Å². The van der Waals surface area contributed by atoms with E-state index in [-0.39, 0.29) is 5.92 Å². The van der Waals surface area contributed by atoms with Crippen LogP contribution in [0.25, 0.3) is 0 Å². The van der Waals surface area contributed by atoms with Crippen molar-refractivity contribution in [2.45, 2.75) is 33.1 Å². The molecule has 1 saturated heterocycles. The number of amides is 1. The number of carbonyl (C=O) groups is 1. The van der Waals surface area contributed by atoms with Gasteiger partial charge in [-0.05, 0) is 25.2 Å². The monoisotopic (exact) mass is 355 g/mol. The van der Waals surface area contributed by atoms with Crippen LogP contribution in [0.4, 0.5) is 0 Å².